The van der Waals surface area contributed by atoms with E-state index >= 15 is 0 Å². The molecule has 0 saturated carbocycles. The Bertz CT molecular complexity index is 644. The smallest absolute Gasteiger partial charge is 0.273 e. The van der Waals surface area contributed by atoms with Gasteiger partial charge in [-0.25, -0.2) is 4.98 Å². The van der Waals surface area contributed by atoms with Crippen LogP contribution in [0.25, 0.3) is 11.0 Å². The lowest BCUT2D eigenvalue weighted by Gasteiger charge is -2.10. The number of aliphatic hydroxyl groups excluding tert-OH is 1. The van der Waals surface area contributed by atoms with Crippen LogP contribution in [0.3, 0.4) is 0 Å². The molecule has 0 aliphatic carbocycles. The van der Waals surface area contributed by atoms with Crippen LogP contribution in [0.15, 0.2) is 41.2 Å². The molecule has 0 atom stereocenters. The van der Waals surface area contributed by atoms with E-state index in [1.165, 1.54) is 0 Å². The van der Waals surface area contributed by atoms with Crippen LogP contribution in [-0.2, 0) is 13.0 Å². The van der Waals surface area contributed by atoms with Gasteiger partial charge in [-0.05, 0) is 31.9 Å². The van der Waals surface area contributed by atoms with Crippen molar-refractivity contribution >= 4 is 11.0 Å². The number of aryl methyl sites for hydroxylation is 1. The molecule has 0 radical (unpaired) electrons. The highest BCUT2D eigenvalue weighted by Crippen LogP contribution is 2.10. The number of aliphatic hydroxyl groups is 1. The van der Waals surface area contributed by atoms with Crippen molar-refractivity contribution in [2.24, 2.45) is 0 Å². The maximum Gasteiger partial charge on any atom is 0.273 e. The summed E-state index contributed by atoms with van der Waals surface area (Å²) < 4.78 is 1.73. The Kier molecular flexibility index (Phi) is 4.47. The van der Waals surface area contributed by atoms with Crippen molar-refractivity contribution in [1.29, 1.82) is 0 Å². The summed E-state index contributed by atoms with van der Waals surface area (Å²) in [4.78, 5) is 16.8. The Hall–Kier alpha value is -1.94. The highest BCUT2D eigenvalue weighted by molar-refractivity contribution is 5.74. The van der Waals surface area contributed by atoms with Gasteiger partial charge < -0.3 is 9.67 Å². The molecule has 19 heavy (non-hydrogen) atoms. The molecular weight excluding hydrogens is 240 g/mol. The summed E-state index contributed by atoms with van der Waals surface area (Å²) in [5, 5.41) is 8.89. The van der Waals surface area contributed by atoms with Crippen molar-refractivity contribution in [3.05, 3.63) is 52.5 Å². The molecule has 0 spiro atoms. The third-order valence-corrected chi connectivity index (χ3v) is 3.02. The van der Waals surface area contributed by atoms with Crippen molar-refractivity contribution in [3.8, 4) is 0 Å². The van der Waals surface area contributed by atoms with Crippen molar-refractivity contribution < 1.29 is 5.11 Å². The molecule has 0 bridgehead atoms. The summed E-state index contributed by atoms with van der Waals surface area (Å²) in [6, 6.07) is 7.63. The lowest BCUT2D eigenvalue weighted by atomic mass is 10.2. The van der Waals surface area contributed by atoms with E-state index in [1.807, 2.05) is 43.3 Å². The SMILES string of the molecule is CC=CCn1c(=O)c(CCCO)nc2ccccc21. The van der Waals surface area contributed by atoms with Crippen molar-refractivity contribution in [2.75, 3.05) is 6.61 Å². The fourth-order valence-electron chi connectivity index (χ4n) is 2.05. The summed E-state index contributed by atoms with van der Waals surface area (Å²) >= 11 is 0. The first-order chi connectivity index (χ1) is 9.27. The minimum absolute atomic E-state index is 0.0646. The van der Waals surface area contributed by atoms with Crippen molar-refractivity contribution in [1.82, 2.24) is 9.55 Å². The van der Waals surface area contributed by atoms with E-state index in [1.54, 1.807) is 4.57 Å². The minimum Gasteiger partial charge on any atom is -0.396 e. The van der Waals surface area contributed by atoms with Crippen molar-refractivity contribution in [2.45, 2.75) is 26.3 Å². The van der Waals surface area contributed by atoms with Crippen LogP contribution in [-0.4, -0.2) is 21.3 Å². The second-order valence-electron chi connectivity index (χ2n) is 4.36. The van der Waals surface area contributed by atoms with Crippen LogP contribution in [0.5, 0.6) is 0 Å². The van der Waals surface area contributed by atoms with Gasteiger partial charge in [0.15, 0.2) is 0 Å². The van der Waals surface area contributed by atoms with Gasteiger partial charge in [-0.1, -0.05) is 24.3 Å². The Balaban J connectivity index is 2.59. The van der Waals surface area contributed by atoms with Gasteiger partial charge in [-0.15, -0.1) is 0 Å². The zero-order valence-electron chi connectivity index (χ0n) is 11.0. The first kappa shape index (κ1) is 13.5. The van der Waals surface area contributed by atoms with Gasteiger partial charge in [-0.2, -0.15) is 0 Å². The van der Waals surface area contributed by atoms with Crippen LogP contribution in [0.4, 0.5) is 0 Å². The number of rotatable bonds is 5. The molecule has 4 nitrogen and oxygen atoms in total. The molecule has 1 heterocycles. The molecule has 0 saturated heterocycles. The average molecular weight is 258 g/mol. The highest BCUT2D eigenvalue weighted by Gasteiger charge is 2.09. The summed E-state index contributed by atoms with van der Waals surface area (Å²) in [6.45, 7) is 2.55. The molecule has 100 valence electrons. The van der Waals surface area contributed by atoms with Gasteiger partial charge in [-0.3, -0.25) is 4.79 Å². The van der Waals surface area contributed by atoms with Gasteiger partial charge in [0.2, 0.25) is 0 Å². The van der Waals surface area contributed by atoms with Gasteiger partial charge in [0.1, 0.15) is 5.69 Å². The lowest BCUT2D eigenvalue weighted by Crippen LogP contribution is -2.25. The van der Waals surface area contributed by atoms with Crippen LogP contribution in [0.1, 0.15) is 19.0 Å². The Labute approximate surface area is 112 Å². The van der Waals surface area contributed by atoms with Crippen LogP contribution in [0, 0.1) is 0 Å². The summed E-state index contributed by atoms with van der Waals surface area (Å²) in [7, 11) is 0. The minimum atomic E-state index is -0.0646. The molecule has 1 N–H and O–H groups in total. The number of para-hydroxylation sites is 2. The van der Waals surface area contributed by atoms with Gasteiger partial charge in [0.05, 0.1) is 11.0 Å². The number of fused-ring (bicyclic) bond motifs is 1. The highest BCUT2D eigenvalue weighted by atomic mass is 16.2. The molecule has 0 unspecified atom stereocenters. The average Bonchev–Trinajstić information content (AvgIpc) is 2.44. The molecule has 0 fully saturated rings. The van der Waals surface area contributed by atoms with E-state index in [4.69, 9.17) is 5.11 Å². The van der Waals surface area contributed by atoms with E-state index in [0.717, 1.165) is 11.0 Å². The number of hydrogen-bond acceptors (Lipinski definition) is 3. The second kappa shape index (κ2) is 6.29. The maximum absolute atomic E-state index is 12.4. The van der Waals surface area contributed by atoms with E-state index in [0.29, 0.717) is 25.1 Å². The number of aromatic nitrogens is 2. The monoisotopic (exact) mass is 258 g/mol. The third kappa shape index (κ3) is 2.90. The predicted octanol–water partition coefficient (Wildman–Crippen LogP) is 1.90. The van der Waals surface area contributed by atoms with Crippen LogP contribution < -0.4 is 5.56 Å². The Morgan fingerprint density at radius 1 is 1.37 bits per heavy atom. The van der Waals surface area contributed by atoms with Crippen molar-refractivity contribution in [3.63, 3.8) is 0 Å². The summed E-state index contributed by atoms with van der Waals surface area (Å²) in [5.74, 6) is 0. The molecule has 0 amide bonds. The van der Waals surface area contributed by atoms with Gasteiger partial charge in [0.25, 0.3) is 5.56 Å². The summed E-state index contributed by atoms with van der Waals surface area (Å²) in [5.41, 5.74) is 2.13. The topological polar surface area (TPSA) is 55.1 Å². The molecule has 0 aliphatic rings. The molecular formula is C15H18N2O2. The van der Waals surface area contributed by atoms with E-state index in [-0.39, 0.29) is 12.2 Å². The fourth-order valence-corrected chi connectivity index (χ4v) is 2.05. The molecule has 2 rings (SSSR count). The zero-order chi connectivity index (χ0) is 13.7. The first-order valence-electron chi connectivity index (χ1n) is 6.48. The quantitative estimate of drug-likeness (QED) is 0.833. The normalized spacial score (nSPS) is 11.5. The van der Waals surface area contributed by atoms with E-state index < -0.39 is 0 Å². The number of nitrogens with zero attached hydrogens (tertiary/aromatic N) is 2. The van der Waals surface area contributed by atoms with Gasteiger partial charge in [0, 0.05) is 13.2 Å². The summed E-state index contributed by atoms with van der Waals surface area (Å²) in [6.07, 6.45) is 4.94. The lowest BCUT2D eigenvalue weighted by molar-refractivity contribution is 0.288. The number of allylic oxidation sites excluding steroid dienone is 2. The molecule has 2 aromatic rings. The van der Waals surface area contributed by atoms with Crippen LogP contribution >= 0.6 is 0 Å². The van der Waals surface area contributed by atoms with E-state index in [2.05, 4.69) is 4.98 Å². The zero-order valence-corrected chi connectivity index (χ0v) is 11.0. The fraction of sp³-hybridized carbons (Fsp3) is 0.333. The van der Waals surface area contributed by atoms with Gasteiger partial charge >= 0.3 is 0 Å². The molecule has 4 heteroatoms. The van der Waals surface area contributed by atoms with E-state index in [9.17, 15) is 4.79 Å². The third-order valence-electron chi connectivity index (χ3n) is 3.02. The number of benzene rings is 1. The maximum atomic E-state index is 12.4. The Morgan fingerprint density at radius 3 is 2.89 bits per heavy atom. The number of hydrogen-bond donors (Lipinski definition) is 1. The second-order valence-corrected chi connectivity index (χ2v) is 4.36. The Morgan fingerprint density at radius 2 is 2.16 bits per heavy atom. The standard InChI is InChI=1S/C15H18N2O2/c1-2-3-10-17-14-9-5-4-7-12(14)16-13(15(17)19)8-6-11-18/h2-5,7,9,18H,6,8,10-11H2,1H3. The first-order valence-corrected chi connectivity index (χ1v) is 6.48. The molecule has 0 aliphatic heterocycles. The molecule has 1 aromatic heterocycles. The largest absolute Gasteiger partial charge is 0.396 e. The van der Waals surface area contributed by atoms with Crippen LogP contribution in [0.2, 0.25) is 0 Å². The predicted molar refractivity (Wildman–Crippen MR) is 76.2 cm³/mol. The molecule has 1 aromatic carbocycles.